The maximum Gasteiger partial charge on any atom is 0.416 e. The van der Waals surface area contributed by atoms with Crippen molar-refractivity contribution in [2.24, 2.45) is 0 Å². The van der Waals surface area contributed by atoms with E-state index in [-0.39, 0.29) is 11.6 Å². The highest BCUT2D eigenvalue weighted by Crippen LogP contribution is 2.32. The highest BCUT2D eigenvalue weighted by Gasteiger charge is 2.30. The van der Waals surface area contributed by atoms with E-state index in [0.717, 1.165) is 12.1 Å². The largest absolute Gasteiger partial charge is 0.506 e. The van der Waals surface area contributed by atoms with E-state index < -0.39 is 17.6 Å². The average Bonchev–Trinajstić information content (AvgIpc) is 2.63. The van der Waals surface area contributed by atoms with E-state index in [2.05, 4.69) is 10.3 Å². The summed E-state index contributed by atoms with van der Waals surface area (Å²) in [5.74, 6) is -0.248. The first-order valence-electron chi connectivity index (χ1n) is 7.57. The van der Waals surface area contributed by atoms with E-state index in [9.17, 15) is 23.1 Å². The molecule has 0 aliphatic carbocycles. The third-order valence-electron chi connectivity index (χ3n) is 3.68. The lowest BCUT2D eigenvalue weighted by Gasteiger charge is -2.11. The topological polar surface area (TPSA) is 62.2 Å². The summed E-state index contributed by atoms with van der Waals surface area (Å²) in [5, 5.41) is 11.8. The van der Waals surface area contributed by atoms with Gasteiger partial charge < -0.3 is 10.4 Å². The molecule has 0 aliphatic rings. The zero-order valence-electron chi connectivity index (χ0n) is 13.3. The average molecular weight is 358 g/mol. The van der Waals surface area contributed by atoms with Crippen LogP contribution in [0.25, 0.3) is 11.1 Å². The molecule has 0 saturated carbocycles. The normalized spacial score (nSPS) is 11.2. The molecule has 1 aromatic heterocycles. The van der Waals surface area contributed by atoms with Gasteiger partial charge in [0.05, 0.1) is 11.8 Å². The number of nitrogens with zero attached hydrogens (tertiary/aromatic N) is 1. The van der Waals surface area contributed by atoms with Gasteiger partial charge in [-0.15, -0.1) is 0 Å². The van der Waals surface area contributed by atoms with Gasteiger partial charge in [0.1, 0.15) is 11.6 Å². The molecule has 0 atom stereocenters. The smallest absolute Gasteiger partial charge is 0.416 e. The van der Waals surface area contributed by atoms with E-state index >= 15 is 0 Å². The lowest BCUT2D eigenvalue weighted by atomic mass is 9.98. The number of carbonyl (C=O) groups is 1. The van der Waals surface area contributed by atoms with Gasteiger partial charge in [0, 0.05) is 5.56 Å². The fourth-order valence-electron chi connectivity index (χ4n) is 2.42. The van der Waals surface area contributed by atoms with Crippen LogP contribution in [0.2, 0.25) is 0 Å². The van der Waals surface area contributed by atoms with Crippen molar-refractivity contribution in [3.63, 3.8) is 0 Å². The number of nitrogens with one attached hydrogen (secondary N) is 1. The number of hydrogen-bond acceptors (Lipinski definition) is 3. The maximum absolute atomic E-state index is 12.7. The fourth-order valence-corrected chi connectivity index (χ4v) is 2.42. The summed E-state index contributed by atoms with van der Waals surface area (Å²) in [7, 11) is 0. The monoisotopic (exact) mass is 358 g/mol. The van der Waals surface area contributed by atoms with Crippen molar-refractivity contribution in [3.8, 4) is 16.9 Å². The van der Waals surface area contributed by atoms with Gasteiger partial charge in [0.2, 0.25) is 0 Å². The molecule has 132 valence electrons. The maximum atomic E-state index is 12.7. The molecule has 1 amide bonds. The van der Waals surface area contributed by atoms with Crippen LogP contribution in [0.15, 0.2) is 66.9 Å². The van der Waals surface area contributed by atoms with Crippen LogP contribution in [-0.2, 0) is 6.18 Å². The standard InChI is InChI=1S/C19H13F3N2O2/c20-19(21,22)13-7-5-12(6-8-13)15-3-1-2-4-16(15)18(26)24-17-10-9-14(25)11-23-17/h1-11,25H,(H,23,24,26). The summed E-state index contributed by atoms with van der Waals surface area (Å²) in [4.78, 5) is 16.4. The molecule has 26 heavy (non-hydrogen) atoms. The van der Waals surface area contributed by atoms with Gasteiger partial charge in [-0.1, -0.05) is 30.3 Å². The first-order valence-corrected chi connectivity index (χ1v) is 7.57. The van der Waals surface area contributed by atoms with Gasteiger partial charge in [-0.2, -0.15) is 13.2 Å². The van der Waals surface area contributed by atoms with Crippen LogP contribution in [-0.4, -0.2) is 16.0 Å². The number of benzene rings is 2. The molecule has 0 saturated heterocycles. The van der Waals surface area contributed by atoms with Gasteiger partial charge in [0.25, 0.3) is 5.91 Å². The quantitative estimate of drug-likeness (QED) is 0.712. The number of carbonyl (C=O) groups excluding carboxylic acids is 1. The van der Waals surface area contributed by atoms with Crippen LogP contribution in [0.4, 0.5) is 19.0 Å². The van der Waals surface area contributed by atoms with Crippen LogP contribution in [0, 0.1) is 0 Å². The molecule has 0 aliphatic heterocycles. The van der Waals surface area contributed by atoms with Crippen molar-refractivity contribution >= 4 is 11.7 Å². The number of pyridine rings is 1. The SMILES string of the molecule is O=C(Nc1ccc(O)cn1)c1ccccc1-c1ccc(C(F)(F)F)cc1. The van der Waals surface area contributed by atoms with Crippen LogP contribution >= 0.6 is 0 Å². The van der Waals surface area contributed by atoms with E-state index in [1.165, 1.54) is 30.5 Å². The number of aromatic hydroxyl groups is 1. The Bertz CT molecular complexity index is 921. The van der Waals surface area contributed by atoms with Crippen molar-refractivity contribution in [2.75, 3.05) is 5.32 Å². The number of hydrogen-bond donors (Lipinski definition) is 2. The highest BCUT2D eigenvalue weighted by molar-refractivity contribution is 6.08. The Labute approximate surface area is 146 Å². The Balaban J connectivity index is 1.90. The van der Waals surface area contributed by atoms with Crippen molar-refractivity contribution in [3.05, 3.63) is 78.0 Å². The Morgan fingerprint density at radius 2 is 1.65 bits per heavy atom. The van der Waals surface area contributed by atoms with Crippen molar-refractivity contribution in [2.45, 2.75) is 6.18 Å². The van der Waals surface area contributed by atoms with Gasteiger partial charge >= 0.3 is 6.18 Å². The van der Waals surface area contributed by atoms with Crippen molar-refractivity contribution < 1.29 is 23.1 Å². The van der Waals surface area contributed by atoms with Crippen molar-refractivity contribution in [1.82, 2.24) is 4.98 Å². The second-order valence-corrected chi connectivity index (χ2v) is 5.48. The Morgan fingerprint density at radius 1 is 0.962 bits per heavy atom. The Kier molecular flexibility index (Phi) is 4.62. The summed E-state index contributed by atoms with van der Waals surface area (Å²) < 4.78 is 38.1. The predicted molar refractivity (Wildman–Crippen MR) is 90.7 cm³/mol. The van der Waals surface area contributed by atoms with E-state index in [0.29, 0.717) is 16.7 Å². The molecular weight excluding hydrogens is 345 g/mol. The third-order valence-corrected chi connectivity index (χ3v) is 3.68. The molecule has 2 aromatic carbocycles. The molecule has 0 radical (unpaired) electrons. The minimum absolute atomic E-state index is 0.0341. The van der Waals surface area contributed by atoms with Gasteiger partial charge in [-0.3, -0.25) is 4.79 Å². The van der Waals surface area contributed by atoms with Gasteiger partial charge in [-0.25, -0.2) is 4.98 Å². The minimum Gasteiger partial charge on any atom is -0.506 e. The van der Waals surface area contributed by atoms with E-state index in [1.807, 2.05) is 0 Å². The molecule has 1 heterocycles. The Morgan fingerprint density at radius 3 is 2.27 bits per heavy atom. The molecule has 2 N–H and O–H groups in total. The van der Waals surface area contributed by atoms with Gasteiger partial charge in [-0.05, 0) is 41.5 Å². The number of halogens is 3. The first-order chi connectivity index (χ1) is 12.3. The molecule has 0 bridgehead atoms. The zero-order valence-corrected chi connectivity index (χ0v) is 13.3. The number of amides is 1. The number of alkyl halides is 3. The molecule has 3 rings (SSSR count). The van der Waals surface area contributed by atoms with Crippen LogP contribution in [0.5, 0.6) is 5.75 Å². The molecule has 0 spiro atoms. The Hall–Kier alpha value is -3.35. The van der Waals surface area contributed by atoms with Gasteiger partial charge in [0.15, 0.2) is 0 Å². The number of rotatable bonds is 3. The van der Waals surface area contributed by atoms with Crippen LogP contribution < -0.4 is 5.32 Å². The van der Waals surface area contributed by atoms with Crippen LogP contribution in [0.1, 0.15) is 15.9 Å². The molecule has 4 nitrogen and oxygen atoms in total. The number of anilines is 1. The second-order valence-electron chi connectivity index (χ2n) is 5.48. The molecule has 0 unspecified atom stereocenters. The highest BCUT2D eigenvalue weighted by atomic mass is 19.4. The lowest BCUT2D eigenvalue weighted by Crippen LogP contribution is -2.14. The molecule has 3 aromatic rings. The summed E-state index contributed by atoms with van der Waals surface area (Å²) >= 11 is 0. The third kappa shape index (κ3) is 3.83. The second kappa shape index (κ2) is 6.87. The summed E-state index contributed by atoms with van der Waals surface area (Å²) in [6.45, 7) is 0. The predicted octanol–water partition coefficient (Wildman–Crippen LogP) is 4.73. The molecule has 7 heteroatoms. The fraction of sp³-hybridized carbons (Fsp3) is 0.0526. The molecule has 0 fully saturated rings. The summed E-state index contributed by atoms with van der Waals surface area (Å²) in [6, 6.07) is 14.0. The summed E-state index contributed by atoms with van der Waals surface area (Å²) in [5.41, 5.74) is 0.526. The zero-order chi connectivity index (χ0) is 18.7. The minimum atomic E-state index is -4.42. The van der Waals surface area contributed by atoms with E-state index in [4.69, 9.17) is 0 Å². The lowest BCUT2D eigenvalue weighted by molar-refractivity contribution is -0.137. The van der Waals surface area contributed by atoms with E-state index in [1.54, 1.807) is 24.3 Å². The molecular formula is C19H13F3N2O2. The van der Waals surface area contributed by atoms with Crippen molar-refractivity contribution in [1.29, 1.82) is 0 Å². The first kappa shape index (κ1) is 17.5. The van der Waals surface area contributed by atoms with Crippen LogP contribution in [0.3, 0.4) is 0 Å². The number of aromatic nitrogens is 1. The summed E-state index contributed by atoms with van der Waals surface area (Å²) in [6.07, 6.45) is -3.22.